The summed E-state index contributed by atoms with van der Waals surface area (Å²) in [7, 11) is -3.75. The van der Waals surface area contributed by atoms with Crippen molar-refractivity contribution in [1.29, 1.82) is 0 Å². The molecular formula is C20H24FN3O3S2. The first-order chi connectivity index (χ1) is 13.9. The molecule has 0 spiro atoms. The Bertz CT molecular complexity index is 957. The molecule has 0 saturated carbocycles. The van der Waals surface area contributed by atoms with Crippen LogP contribution in [-0.4, -0.2) is 67.7 Å². The third-order valence-corrected chi connectivity index (χ3v) is 8.47. The topological polar surface area (TPSA) is 60.9 Å². The van der Waals surface area contributed by atoms with Crippen molar-refractivity contribution >= 4 is 27.3 Å². The maximum atomic E-state index is 13.4. The number of carbonyl (C=O) groups excluding carboxylic acids is 1. The van der Waals surface area contributed by atoms with Crippen LogP contribution in [0.1, 0.15) is 23.8 Å². The van der Waals surface area contributed by atoms with Gasteiger partial charge in [-0.15, -0.1) is 11.3 Å². The van der Waals surface area contributed by atoms with E-state index in [9.17, 15) is 17.6 Å². The van der Waals surface area contributed by atoms with Crippen LogP contribution in [0.3, 0.4) is 0 Å². The molecule has 0 radical (unpaired) electrons. The van der Waals surface area contributed by atoms with E-state index in [4.69, 9.17) is 0 Å². The van der Waals surface area contributed by atoms with Crippen LogP contribution < -0.4 is 0 Å². The van der Waals surface area contributed by atoms with E-state index < -0.39 is 15.8 Å². The van der Waals surface area contributed by atoms with Gasteiger partial charge in [0, 0.05) is 37.1 Å². The Morgan fingerprint density at radius 1 is 1.10 bits per heavy atom. The van der Waals surface area contributed by atoms with E-state index in [1.165, 1.54) is 27.4 Å². The van der Waals surface area contributed by atoms with Gasteiger partial charge in [-0.2, -0.15) is 4.31 Å². The molecule has 29 heavy (non-hydrogen) atoms. The molecule has 2 saturated heterocycles. The molecule has 2 aromatic rings. The Labute approximate surface area is 174 Å². The van der Waals surface area contributed by atoms with Crippen molar-refractivity contribution in [3.63, 3.8) is 0 Å². The summed E-state index contributed by atoms with van der Waals surface area (Å²) in [5.74, 6) is -0.540. The molecule has 0 bridgehead atoms. The van der Waals surface area contributed by atoms with Gasteiger partial charge in [-0.1, -0.05) is 12.1 Å². The number of hydrogen-bond donors (Lipinski definition) is 0. The Kier molecular flexibility index (Phi) is 6.00. The maximum Gasteiger partial charge on any atom is 0.243 e. The highest BCUT2D eigenvalue weighted by atomic mass is 32.2. The first-order valence-corrected chi connectivity index (χ1v) is 12.1. The first kappa shape index (κ1) is 20.5. The largest absolute Gasteiger partial charge is 0.339 e. The molecule has 2 fully saturated rings. The minimum atomic E-state index is -3.75. The Morgan fingerprint density at radius 3 is 2.59 bits per heavy atom. The Hall–Kier alpha value is -1.81. The number of likely N-dealkylation sites (tertiary alicyclic amines) is 1. The molecule has 6 nitrogen and oxygen atoms in total. The second-order valence-corrected chi connectivity index (χ2v) is 10.3. The van der Waals surface area contributed by atoms with E-state index in [2.05, 4.69) is 16.3 Å². The highest BCUT2D eigenvalue weighted by molar-refractivity contribution is 7.89. The van der Waals surface area contributed by atoms with Crippen LogP contribution in [0, 0.1) is 5.82 Å². The molecule has 3 heterocycles. The van der Waals surface area contributed by atoms with E-state index in [1.807, 2.05) is 6.07 Å². The lowest BCUT2D eigenvalue weighted by atomic mass is 10.2. The normalized spacial score (nSPS) is 21.6. The van der Waals surface area contributed by atoms with Crippen LogP contribution in [-0.2, 0) is 14.8 Å². The molecular weight excluding hydrogens is 413 g/mol. The summed E-state index contributed by atoms with van der Waals surface area (Å²) in [6, 6.07) is 9.50. The molecule has 9 heteroatoms. The lowest BCUT2D eigenvalue weighted by Gasteiger charge is -2.35. The van der Waals surface area contributed by atoms with Crippen molar-refractivity contribution in [2.75, 3.05) is 39.3 Å². The van der Waals surface area contributed by atoms with Crippen molar-refractivity contribution in [2.24, 2.45) is 0 Å². The van der Waals surface area contributed by atoms with E-state index in [0.29, 0.717) is 25.7 Å². The molecule has 1 amide bonds. The van der Waals surface area contributed by atoms with Crippen LogP contribution in [0.5, 0.6) is 0 Å². The number of rotatable bonds is 5. The summed E-state index contributed by atoms with van der Waals surface area (Å²) in [5.41, 5.74) is 0. The minimum Gasteiger partial charge on any atom is -0.339 e. The number of piperazine rings is 1. The zero-order valence-electron chi connectivity index (χ0n) is 16.0. The van der Waals surface area contributed by atoms with Crippen LogP contribution >= 0.6 is 11.3 Å². The van der Waals surface area contributed by atoms with Gasteiger partial charge in [-0.3, -0.25) is 9.69 Å². The number of benzene rings is 1. The smallest absolute Gasteiger partial charge is 0.243 e. The predicted octanol–water partition coefficient (Wildman–Crippen LogP) is 2.56. The Balaban J connectivity index is 1.35. The van der Waals surface area contributed by atoms with Gasteiger partial charge in [0.1, 0.15) is 5.82 Å². The van der Waals surface area contributed by atoms with Crippen molar-refractivity contribution in [3.05, 3.63) is 52.5 Å². The van der Waals surface area contributed by atoms with Crippen molar-refractivity contribution in [2.45, 2.75) is 23.8 Å². The lowest BCUT2D eigenvalue weighted by molar-refractivity contribution is -0.133. The zero-order valence-corrected chi connectivity index (χ0v) is 17.7. The van der Waals surface area contributed by atoms with Crippen molar-refractivity contribution in [3.8, 4) is 0 Å². The molecule has 1 aromatic carbocycles. The van der Waals surface area contributed by atoms with Crippen LogP contribution in [0.4, 0.5) is 4.39 Å². The fourth-order valence-corrected chi connectivity index (χ4v) is 6.40. The summed E-state index contributed by atoms with van der Waals surface area (Å²) >= 11 is 1.72. The van der Waals surface area contributed by atoms with Gasteiger partial charge in [0.25, 0.3) is 0 Å². The zero-order chi connectivity index (χ0) is 20.4. The molecule has 0 N–H and O–H groups in total. The number of hydrogen-bond acceptors (Lipinski definition) is 5. The van der Waals surface area contributed by atoms with Crippen LogP contribution in [0.2, 0.25) is 0 Å². The standard InChI is InChI=1S/C20H24FN3O3S2/c21-16-4-1-5-17(14-16)29(26,27)24-11-9-22(10-12-24)20(25)15-23-8-2-6-18(23)19-7-3-13-28-19/h1,3-5,7,13-14,18H,2,6,8-12,15H2/t18-/m0/s1. The van der Waals surface area contributed by atoms with Gasteiger partial charge in [-0.25, -0.2) is 12.8 Å². The fraction of sp³-hybridized carbons (Fsp3) is 0.450. The van der Waals surface area contributed by atoms with Gasteiger partial charge in [-0.05, 0) is 49.0 Å². The first-order valence-electron chi connectivity index (χ1n) is 9.76. The minimum absolute atomic E-state index is 0.0382. The quantitative estimate of drug-likeness (QED) is 0.721. The number of carbonyl (C=O) groups is 1. The molecule has 1 aromatic heterocycles. The average molecular weight is 438 g/mol. The van der Waals surface area contributed by atoms with Gasteiger partial charge >= 0.3 is 0 Å². The number of halogens is 1. The van der Waals surface area contributed by atoms with E-state index in [0.717, 1.165) is 25.5 Å². The molecule has 0 aliphatic carbocycles. The van der Waals surface area contributed by atoms with Crippen molar-refractivity contribution < 1.29 is 17.6 Å². The third-order valence-electron chi connectivity index (χ3n) is 5.60. The van der Waals surface area contributed by atoms with Gasteiger partial charge < -0.3 is 4.90 Å². The maximum absolute atomic E-state index is 13.4. The van der Waals surface area contributed by atoms with Gasteiger partial charge in [0.15, 0.2) is 0 Å². The predicted molar refractivity (Wildman–Crippen MR) is 110 cm³/mol. The summed E-state index contributed by atoms with van der Waals surface area (Å²) in [4.78, 5) is 18.0. The van der Waals surface area contributed by atoms with E-state index >= 15 is 0 Å². The second-order valence-electron chi connectivity index (χ2n) is 7.39. The highest BCUT2D eigenvalue weighted by Gasteiger charge is 2.33. The summed E-state index contributed by atoms with van der Waals surface area (Å²) in [5, 5.41) is 2.06. The fourth-order valence-electron chi connectivity index (χ4n) is 4.05. The molecule has 156 valence electrons. The van der Waals surface area contributed by atoms with E-state index in [-0.39, 0.29) is 23.9 Å². The molecule has 1 atom stereocenters. The van der Waals surface area contributed by atoms with Gasteiger partial charge in [0.05, 0.1) is 11.4 Å². The monoisotopic (exact) mass is 437 g/mol. The van der Waals surface area contributed by atoms with Crippen LogP contribution in [0.25, 0.3) is 0 Å². The summed E-state index contributed by atoms with van der Waals surface area (Å²) in [6.45, 7) is 2.41. The molecule has 4 rings (SSSR count). The number of amides is 1. The lowest BCUT2D eigenvalue weighted by Crippen LogP contribution is -2.52. The second kappa shape index (κ2) is 8.51. The molecule has 2 aliphatic heterocycles. The molecule has 0 unspecified atom stereocenters. The van der Waals surface area contributed by atoms with Crippen molar-refractivity contribution in [1.82, 2.24) is 14.1 Å². The van der Waals surface area contributed by atoms with Gasteiger partial charge in [0.2, 0.25) is 15.9 Å². The number of thiophene rings is 1. The van der Waals surface area contributed by atoms with Crippen LogP contribution in [0.15, 0.2) is 46.7 Å². The highest BCUT2D eigenvalue weighted by Crippen LogP contribution is 2.34. The summed E-state index contributed by atoms with van der Waals surface area (Å²) in [6.07, 6.45) is 2.14. The van der Waals surface area contributed by atoms with E-state index in [1.54, 1.807) is 16.2 Å². The SMILES string of the molecule is O=C(CN1CCC[C@H]1c1cccs1)N1CCN(S(=O)(=O)c2cccc(F)c2)CC1. The average Bonchev–Trinajstić information content (AvgIpc) is 3.39. The summed E-state index contributed by atoms with van der Waals surface area (Å²) < 4.78 is 40.2. The molecule has 2 aliphatic rings. The number of nitrogens with zero attached hydrogens (tertiary/aromatic N) is 3. The third kappa shape index (κ3) is 4.37. The number of sulfonamides is 1. The Morgan fingerprint density at radius 2 is 1.90 bits per heavy atom.